The number of hydrogen-bond donors (Lipinski definition) is 1. The van der Waals surface area contributed by atoms with E-state index in [0.717, 1.165) is 17.2 Å². The molecule has 1 aliphatic rings. The zero-order valence-electron chi connectivity index (χ0n) is 22.6. The number of nitrogens with zero attached hydrogens (tertiary/aromatic N) is 4. The van der Waals surface area contributed by atoms with Crippen LogP contribution in [0.4, 0.5) is 13.2 Å². The molecule has 0 bridgehead atoms. The van der Waals surface area contributed by atoms with Crippen molar-refractivity contribution in [3.8, 4) is 5.69 Å². The van der Waals surface area contributed by atoms with Gasteiger partial charge >= 0.3 is 6.18 Å². The van der Waals surface area contributed by atoms with Gasteiger partial charge in [-0.05, 0) is 71.3 Å². The van der Waals surface area contributed by atoms with Gasteiger partial charge in [-0.15, -0.1) is 0 Å². The molecule has 13 heteroatoms. The van der Waals surface area contributed by atoms with E-state index >= 15 is 0 Å². The number of halogens is 4. The number of carbonyl (C=O) groups excluding carboxylic acids is 2. The van der Waals surface area contributed by atoms with Gasteiger partial charge in [-0.3, -0.25) is 19.0 Å². The Hall–Kier alpha value is -4.23. The molecule has 0 saturated carbocycles. The summed E-state index contributed by atoms with van der Waals surface area (Å²) in [5, 5.41) is 11.2. The minimum absolute atomic E-state index is 0.00661. The summed E-state index contributed by atoms with van der Waals surface area (Å²) in [5.74, 6) is -0.828. The molecule has 0 unspecified atom stereocenters. The molecule has 43 heavy (non-hydrogen) atoms. The van der Waals surface area contributed by atoms with Crippen LogP contribution in [0.1, 0.15) is 48.7 Å². The maximum atomic E-state index is 14.1. The first-order valence-electron chi connectivity index (χ1n) is 13.2. The Labute approximate surface area is 255 Å². The first kappa shape index (κ1) is 28.9. The van der Waals surface area contributed by atoms with Crippen molar-refractivity contribution in [2.75, 3.05) is 13.6 Å². The fourth-order valence-electron chi connectivity index (χ4n) is 5.33. The van der Waals surface area contributed by atoms with E-state index in [0.29, 0.717) is 34.6 Å². The number of thiophene rings is 1. The summed E-state index contributed by atoms with van der Waals surface area (Å²) < 4.78 is 43.6. The van der Waals surface area contributed by atoms with Gasteiger partial charge in [0.1, 0.15) is 5.65 Å². The first-order chi connectivity index (χ1) is 20.6. The normalized spacial score (nSPS) is 13.3. The molecular weight excluding hydrogens is 647 g/mol. The van der Waals surface area contributed by atoms with E-state index < -0.39 is 17.6 Å². The van der Waals surface area contributed by atoms with Crippen LogP contribution >= 0.6 is 27.3 Å². The second kappa shape index (κ2) is 11.1. The number of carbonyl (C=O) groups is 2. The Morgan fingerprint density at radius 1 is 1.09 bits per heavy atom. The number of alkyl halides is 3. The lowest BCUT2D eigenvalue weighted by atomic mass is 10.0. The van der Waals surface area contributed by atoms with Gasteiger partial charge in [-0.1, -0.05) is 15.9 Å². The number of rotatable bonds is 5. The van der Waals surface area contributed by atoms with Crippen molar-refractivity contribution in [2.45, 2.75) is 25.6 Å². The molecule has 2 aromatic carbocycles. The summed E-state index contributed by atoms with van der Waals surface area (Å²) in [7, 11) is 1.54. The second-order valence-electron chi connectivity index (χ2n) is 10.1. The standard InChI is InChI=1S/C30H23BrF3N5O3S/c1-35-26(40)18-2-5-21(6-3-18)38-27-20(12-17-9-11-43-16-17)14-36-39(27)25-15-37(10-8-22(25)29(38)42)28(41)19-4-7-24(31)23(13-19)30(32,33)34/h2-7,9,11,13-14,16H,8,10,12,15H2,1H3,(H,35,40). The molecule has 5 aromatic rings. The number of nitrogens with one attached hydrogen (secondary N) is 1. The number of benzene rings is 2. The second-order valence-corrected chi connectivity index (χ2v) is 11.7. The average molecular weight is 671 g/mol. The van der Waals surface area contributed by atoms with Crippen molar-refractivity contribution in [3.05, 3.63) is 119 Å². The highest BCUT2D eigenvalue weighted by Gasteiger charge is 2.35. The highest BCUT2D eigenvalue weighted by Crippen LogP contribution is 2.36. The van der Waals surface area contributed by atoms with Crippen molar-refractivity contribution < 1.29 is 22.8 Å². The van der Waals surface area contributed by atoms with Crippen molar-refractivity contribution in [3.63, 3.8) is 0 Å². The molecule has 0 saturated heterocycles. The monoisotopic (exact) mass is 669 g/mol. The van der Waals surface area contributed by atoms with Gasteiger partial charge in [0.2, 0.25) is 0 Å². The Morgan fingerprint density at radius 2 is 1.84 bits per heavy atom. The van der Waals surface area contributed by atoms with Gasteiger partial charge in [-0.2, -0.15) is 29.6 Å². The molecule has 2 amide bonds. The van der Waals surface area contributed by atoms with E-state index in [4.69, 9.17) is 0 Å². The smallest absolute Gasteiger partial charge is 0.355 e. The summed E-state index contributed by atoms with van der Waals surface area (Å²) in [5.41, 5.74) is 2.97. The Bertz CT molecular complexity index is 1930. The molecule has 220 valence electrons. The molecule has 0 aliphatic carbocycles. The summed E-state index contributed by atoms with van der Waals surface area (Å²) in [6.07, 6.45) is -2.25. The van der Waals surface area contributed by atoms with Crippen LogP contribution in [0.3, 0.4) is 0 Å². The number of amides is 2. The third-order valence-corrected chi connectivity index (χ3v) is 8.89. The summed E-state index contributed by atoms with van der Waals surface area (Å²) in [6.45, 7) is 0.135. The van der Waals surface area contributed by atoms with Crippen LogP contribution in [-0.2, 0) is 25.6 Å². The highest BCUT2D eigenvalue weighted by molar-refractivity contribution is 9.10. The van der Waals surface area contributed by atoms with Gasteiger partial charge < -0.3 is 10.2 Å². The molecule has 8 nitrogen and oxygen atoms in total. The predicted molar refractivity (Wildman–Crippen MR) is 159 cm³/mol. The SMILES string of the molecule is CNC(=O)c1ccc(-n2c(=O)c3c(n4ncc(Cc5ccsc5)c24)CN(C(=O)c2ccc(Br)c(C(F)(F)F)c2)CC3)cc1. The van der Waals surface area contributed by atoms with Crippen molar-refractivity contribution in [1.29, 1.82) is 0 Å². The minimum Gasteiger partial charge on any atom is -0.355 e. The van der Waals surface area contributed by atoms with E-state index in [1.807, 2.05) is 16.8 Å². The van der Waals surface area contributed by atoms with Crippen molar-refractivity contribution in [1.82, 2.24) is 24.4 Å². The highest BCUT2D eigenvalue weighted by atomic mass is 79.9. The minimum atomic E-state index is -4.63. The van der Waals surface area contributed by atoms with Crippen molar-refractivity contribution >= 4 is 44.7 Å². The number of fused-ring (bicyclic) bond motifs is 3. The van der Waals surface area contributed by atoms with Crippen LogP contribution < -0.4 is 10.9 Å². The van der Waals surface area contributed by atoms with Crippen LogP contribution in [0.2, 0.25) is 0 Å². The van der Waals surface area contributed by atoms with Crippen LogP contribution in [0.25, 0.3) is 11.3 Å². The lowest BCUT2D eigenvalue weighted by Crippen LogP contribution is -2.41. The number of hydrogen-bond acceptors (Lipinski definition) is 5. The largest absolute Gasteiger partial charge is 0.417 e. The molecule has 0 spiro atoms. The Morgan fingerprint density at radius 3 is 2.51 bits per heavy atom. The fraction of sp³-hybridized carbons (Fsp3) is 0.200. The van der Waals surface area contributed by atoms with E-state index in [-0.39, 0.29) is 41.0 Å². The summed E-state index contributed by atoms with van der Waals surface area (Å²) >= 11 is 4.47. The molecule has 6 rings (SSSR count). The van der Waals surface area contributed by atoms with Gasteiger partial charge in [0.15, 0.2) is 0 Å². The molecule has 1 aliphatic heterocycles. The molecule has 0 radical (unpaired) electrons. The van der Waals surface area contributed by atoms with Crippen molar-refractivity contribution in [2.24, 2.45) is 0 Å². The molecule has 3 aromatic heterocycles. The van der Waals surface area contributed by atoms with Gasteiger partial charge in [0, 0.05) is 46.7 Å². The molecule has 4 heterocycles. The third-order valence-electron chi connectivity index (χ3n) is 7.46. The quantitative estimate of drug-likeness (QED) is 0.269. The van der Waals surface area contributed by atoms with E-state index in [1.54, 1.807) is 50.9 Å². The topological polar surface area (TPSA) is 88.7 Å². The maximum Gasteiger partial charge on any atom is 0.417 e. The van der Waals surface area contributed by atoms with Gasteiger partial charge in [0.05, 0.1) is 29.7 Å². The van der Waals surface area contributed by atoms with E-state index in [2.05, 4.69) is 26.3 Å². The predicted octanol–water partition coefficient (Wildman–Crippen LogP) is 5.48. The maximum absolute atomic E-state index is 14.1. The van der Waals surface area contributed by atoms with Crippen LogP contribution in [0.15, 0.2) is 74.8 Å². The van der Waals surface area contributed by atoms with Crippen LogP contribution in [-0.4, -0.2) is 44.5 Å². The average Bonchev–Trinajstić information content (AvgIpc) is 3.67. The van der Waals surface area contributed by atoms with Gasteiger partial charge in [0.25, 0.3) is 17.4 Å². The third kappa shape index (κ3) is 5.27. The lowest BCUT2D eigenvalue weighted by Gasteiger charge is -2.30. The number of aromatic nitrogens is 3. The zero-order chi connectivity index (χ0) is 30.5. The Kier molecular flexibility index (Phi) is 7.46. The van der Waals surface area contributed by atoms with Crippen LogP contribution in [0.5, 0.6) is 0 Å². The Balaban J connectivity index is 1.46. The summed E-state index contributed by atoms with van der Waals surface area (Å²) in [4.78, 5) is 41.1. The zero-order valence-corrected chi connectivity index (χ0v) is 25.0. The van der Waals surface area contributed by atoms with Gasteiger partial charge in [-0.25, -0.2) is 4.52 Å². The molecule has 0 atom stereocenters. The molecule has 0 fully saturated rings. The summed E-state index contributed by atoms with van der Waals surface area (Å²) in [6, 6.07) is 12.1. The molecule has 1 N–H and O–H groups in total. The molecular formula is C30H23BrF3N5O3S. The van der Waals surface area contributed by atoms with E-state index in [9.17, 15) is 27.6 Å². The lowest BCUT2D eigenvalue weighted by molar-refractivity contribution is -0.138. The van der Waals surface area contributed by atoms with Crippen LogP contribution in [0, 0.1) is 0 Å². The fourth-order valence-corrected chi connectivity index (χ4v) is 6.47. The first-order valence-corrected chi connectivity index (χ1v) is 14.9. The van der Waals surface area contributed by atoms with E-state index in [1.165, 1.54) is 24.1 Å².